The summed E-state index contributed by atoms with van der Waals surface area (Å²) in [5.74, 6) is 0.900. The molecule has 15 heavy (non-hydrogen) atoms. The van der Waals surface area contributed by atoms with Gasteiger partial charge in [0.2, 0.25) is 0 Å². The molecule has 0 bridgehead atoms. The van der Waals surface area contributed by atoms with Gasteiger partial charge in [0.05, 0.1) is 18.8 Å². The molecule has 3 heteroatoms. The summed E-state index contributed by atoms with van der Waals surface area (Å²) in [6.45, 7) is 6.41. The normalized spacial score (nSPS) is 27.4. The van der Waals surface area contributed by atoms with Crippen LogP contribution in [0, 0.1) is 11.3 Å². The van der Waals surface area contributed by atoms with Gasteiger partial charge in [0.15, 0.2) is 0 Å². The Bertz CT molecular complexity index is 351. The molecule has 1 aliphatic carbocycles. The van der Waals surface area contributed by atoms with Crippen molar-refractivity contribution in [2.45, 2.75) is 26.7 Å². The third kappa shape index (κ3) is 1.56. The van der Waals surface area contributed by atoms with Crippen LogP contribution >= 0.6 is 0 Å². The van der Waals surface area contributed by atoms with Crippen molar-refractivity contribution in [3.8, 4) is 0 Å². The molecule has 2 rings (SSSR count). The van der Waals surface area contributed by atoms with Crippen molar-refractivity contribution in [3.05, 3.63) is 24.2 Å². The molecule has 0 spiro atoms. The molecule has 2 atom stereocenters. The van der Waals surface area contributed by atoms with E-state index in [4.69, 9.17) is 9.15 Å². The van der Waals surface area contributed by atoms with Gasteiger partial charge in [0.1, 0.15) is 5.76 Å². The van der Waals surface area contributed by atoms with Gasteiger partial charge in [-0.05, 0) is 24.5 Å². The number of carbonyl (C=O) groups excluding carboxylic acids is 1. The molecule has 1 fully saturated rings. The molecule has 1 heterocycles. The monoisotopic (exact) mass is 208 g/mol. The molecule has 0 N–H and O–H groups in total. The van der Waals surface area contributed by atoms with E-state index in [1.807, 2.05) is 19.1 Å². The highest BCUT2D eigenvalue weighted by molar-refractivity contribution is 5.79. The van der Waals surface area contributed by atoms with Crippen LogP contribution in [0.15, 0.2) is 22.8 Å². The van der Waals surface area contributed by atoms with Crippen LogP contribution in [0.5, 0.6) is 0 Å². The van der Waals surface area contributed by atoms with Crippen molar-refractivity contribution >= 4 is 5.97 Å². The summed E-state index contributed by atoms with van der Waals surface area (Å²) in [6.07, 6.45) is 1.64. The minimum Gasteiger partial charge on any atom is -0.469 e. The van der Waals surface area contributed by atoms with Gasteiger partial charge in [-0.1, -0.05) is 13.8 Å². The molecular formula is C12H16O3. The third-order valence-electron chi connectivity index (χ3n) is 3.22. The van der Waals surface area contributed by atoms with Crippen molar-refractivity contribution in [1.82, 2.24) is 0 Å². The second kappa shape index (κ2) is 3.40. The quantitative estimate of drug-likeness (QED) is 0.717. The molecule has 1 aromatic heterocycles. The van der Waals surface area contributed by atoms with Gasteiger partial charge in [-0.25, -0.2) is 0 Å². The van der Waals surface area contributed by atoms with Crippen molar-refractivity contribution in [2.75, 3.05) is 6.61 Å². The van der Waals surface area contributed by atoms with E-state index in [0.717, 1.165) is 5.76 Å². The number of hydrogen-bond acceptors (Lipinski definition) is 3. The van der Waals surface area contributed by atoms with Crippen LogP contribution in [0.25, 0.3) is 0 Å². The lowest BCUT2D eigenvalue weighted by Crippen LogP contribution is -2.10. The van der Waals surface area contributed by atoms with Crippen molar-refractivity contribution in [1.29, 1.82) is 0 Å². The lowest BCUT2D eigenvalue weighted by atomic mass is 10.1. The Labute approximate surface area is 89.4 Å². The van der Waals surface area contributed by atoms with Crippen LogP contribution in [0.4, 0.5) is 0 Å². The van der Waals surface area contributed by atoms with Crippen LogP contribution in [-0.4, -0.2) is 12.6 Å². The van der Waals surface area contributed by atoms with Crippen LogP contribution < -0.4 is 0 Å². The average molecular weight is 208 g/mol. The first-order valence-corrected chi connectivity index (χ1v) is 5.29. The summed E-state index contributed by atoms with van der Waals surface area (Å²) < 4.78 is 10.4. The maximum absolute atomic E-state index is 11.7. The van der Waals surface area contributed by atoms with Crippen molar-refractivity contribution in [3.63, 3.8) is 0 Å². The van der Waals surface area contributed by atoms with E-state index in [1.54, 1.807) is 6.26 Å². The summed E-state index contributed by atoms with van der Waals surface area (Å²) in [5, 5.41) is 0. The van der Waals surface area contributed by atoms with Crippen LogP contribution in [-0.2, 0) is 9.53 Å². The third-order valence-corrected chi connectivity index (χ3v) is 3.22. The van der Waals surface area contributed by atoms with Gasteiger partial charge < -0.3 is 9.15 Å². The second-order valence-electron chi connectivity index (χ2n) is 4.54. The molecule has 0 radical (unpaired) electrons. The van der Waals surface area contributed by atoms with Crippen LogP contribution in [0.2, 0.25) is 0 Å². The first-order chi connectivity index (χ1) is 7.09. The van der Waals surface area contributed by atoms with Crippen LogP contribution in [0.3, 0.4) is 0 Å². The molecule has 1 aliphatic rings. The Morgan fingerprint density at radius 3 is 2.87 bits per heavy atom. The Morgan fingerprint density at radius 1 is 1.60 bits per heavy atom. The Balaban J connectivity index is 2.13. The van der Waals surface area contributed by atoms with Crippen LogP contribution in [0.1, 0.15) is 32.4 Å². The van der Waals surface area contributed by atoms with Gasteiger partial charge >= 0.3 is 5.97 Å². The van der Waals surface area contributed by atoms with E-state index in [1.165, 1.54) is 0 Å². The van der Waals surface area contributed by atoms with Gasteiger partial charge in [-0.3, -0.25) is 4.79 Å². The molecule has 0 aromatic carbocycles. The zero-order chi connectivity index (χ0) is 11.1. The number of hydrogen-bond donors (Lipinski definition) is 0. The standard InChI is InChI=1S/C12H16O3/c1-4-14-11(13)10-9(12(10,2)3)8-6-5-7-15-8/h5-7,9-10H,4H2,1-3H3. The lowest BCUT2D eigenvalue weighted by Gasteiger charge is -2.01. The smallest absolute Gasteiger partial charge is 0.310 e. The summed E-state index contributed by atoms with van der Waals surface area (Å²) in [5.41, 5.74) is -0.0376. The van der Waals surface area contributed by atoms with E-state index in [9.17, 15) is 4.79 Å². The fourth-order valence-electron chi connectivity index (χ4n) is 2.31. The van der Waals surface area contributed by atoms with Crippen molar-refractivity contribution < 1.29 is 13.9 Å². The summed E-state index contributed by atoms with van der Waals surface area (Å²) in [6, 6.07) is 3.78. The number of furan rings is 1. The van der Waals surface area contributed by atoms with Gasteiger partial charge in [-0.15, -0.1) is 0 Å². The molecule has 1 aromatic rings. The van der Waals surface area contributed by atoms with E-state index in [2.05, 4.69) is 13.8 Å². The number of esters is 1. The minimum atomic E-state index is -0.107. The highest BCUT2D eigenvalue weighted by atomic mass is 16.5. The van der Waals surface area contributed by atoms with E-state index >= 15 is 0 Å². The van der Waals surface area contributed by atoms with Gasteiger partial charge in [-0.2, -0.15) is 0 Å². The zero-order valence-electron chi connectivity index (χ0n) is 9.32. The molecular weight excluding hydrogens is 192 g/mol. The first kappa shape index (κ1) is 10.3. The Kier molecular flexibility index (Phi) is 2.33. The summed E-state index contributed by atoms with van der Waals surface area (Å²) in [7, 11) is 0. The van der Waals surface area contributed by atoms with E-state index in [-0.39, 0.29) is 23.2 Å². The fraction of sp³-hybridized carbons (Fsp3) is 0.583. The molecule has 1 saturated carbocycles. The lowest BCUT2D eigenvalue weighted by molar-refractivity contribution is -0.145. The molecule has 82 valence electrons. The molecule has 3 nitrogen and oxygen atoms in total. The predicted octanol–water partition coefficient (Wildman–Crippen LogP) is 2.58. The topological polar surface area (TPSA) is 39.4 Å². The zero-order valence-corrected chi connectivity index (χ0v) is 9.32. The number of carbonyl (C=O) groups is 1. The number of ether oxygens (including phenoxy) is 1. The van der Waals surface area contributed by atoms with Crippen molar-refractivity contribution in [2.24, 2.45) is 11.3 Å². The van der Waals surface area contributed by atoms with E-state index < -0.39 is 0 Å². The summed E-state index contributed by atoms with van der Waals surface area (Å²) >= 11 is 0. The Hall–Kier alpha value is -1.25. The largest absolute Gasteiger partial charge is 0.469 e. The molecule has 0 amide bonds. The summed E-state index contributed by atoms with van der Waals surface area (Å²) in [4.78, 5) is 11.7. The second-order valence-corrected chi connectivity index (χ2v) is 4.54. The minimum absolute atomic E-state index is 0.0376. The highest BCUT2D eigenvalue weighted by Crippen LogP contribution is 2.64. The number of rotatable bonds is 3. The maximum Gasteiger partial charge on any atom is 0.310 e. The van der Waals surface area contributed by atoms with E-state index in [0.29, 0.717) is 6.61 Å². The first-order valence-electron chi connectivity index (χ1n) is 5.29. The Morgan fingerprint density at radius 2 is 2.33 bits per heavy atom. The fourth-order valence-corrected chi connectivity index (χ4v) is 2.31. The van der Waals surface area contributed by atoms with Gasteiger partial charge in [0, 0.05) is 5.92 Å². The van der Waals surface area contributed by atoms with Gasteiger partial charge in [0.25, 0.3) is 0 Å². The highest BCUT2D eigenvalue weighted by Gasteiger charge is 2.64. The molecule has 0 saturated heterocycles. The molecule has 2 unspecified atom stereocenters. The SMILES string of the molecule is CCOC(=O)C1C(c2ccco2)C1(C)C. The molecule has 0 aliphatic heterocycles. The average Bonchev–Trinajstić information content (AvgIpc) is 2.59. The predicted molar refractivity (Wildman–Crippen MR) is 55.4 cm³/mol. The maximum atomic E-state index is 11.7.